The van der Waals surface area contributed by atoms with Gasteiger partial charge in [-0.2, -0.15) is 5.26 Å². The van der Waals surface area contributed by atoms with Gasteiger partial charge in [0, 0.05) is 12.6 Å². The molecule has 1 saturated heterocycles. The van der Waals surface area contributed by atoms with Gasteiger partial charge >= 0.3 is 0 Å². The van der Waals surface area contributed by atoms with Crippen LogP contribution >= 0.6 is 0 Å². The molecule has 3 nitrogen and oxygen atoms in total. The van der Waals surface area contributed by atoms with Gasteiger partial charge in [0.25, 0.3) is 0 Å². The molecule has 1 aliphatic rings. The standard InChI is InChI=1S/C14H26N2O/c1-5-13(4,11-15)14(17)7-6-9-16(10-8-14)12(2)3/h12,17H,5-10H2,1-4H3. The van der Waals surface area contributed by atoms with E-state index in [2.05, 4.69) is 24.8 Å². The molecule has 1 fully saturated rings. The second-order valence-electron chi connectivity index (χ2n) is 5.81. The first-order valence-corrected chi connectivity index (χ1v) is 6.76. The Labute approximate surface area is 105 Å². The molecular weight excluding hydrogens is 212 g/mol. The molecule has 0 bridgehead atoms. The topological polar surface area (TPSA) is 47.3 Å². The van der Waals surface area contributed by atoms with Gasteiger partial charge in [0.05, 0.1) is 17.1 Å². The van der Waals surface area contributed by atoms with Gasteiger partial charge in [0.15, 0.2) is 0 Å². The van der Waals surface area contributed by atoms with E-state index in [1.165, 1.54) is 0 Å². The van der Waals surface area contributed by atoms with E-state index < -0.39 is 11.0 Å². The van der Waals surface area contributed by atoms with Crippen molar-refractivity contribution in [1.82, 2.24) is 4.90 Å². The maximum absolute atomic E-state index is 10.8. The quantitative estimate of drug-likeness (QED) is 0.822. The lowest BCUT2D eigenvalue weighted by Crippen LogP contribution is -2.46. The lowest BCUT2D eigenvalue weighted by atomic mass is 9.69. The third-order valence-corrected chi connectivity index (χ3v) is 4.56. The second-order valence-corrected chi connectivity index (χ2v) is 5.81. The van der Waals surface area contributed by atoms with Crippen molar-refractivity contribution in [3.05, 3.63) is 0 Å². The van der Waals surface area contributed by atoms with Crippen molar-refractivity contribution in [3.63, 3.8) is 0 Å². The Hall–Kier alpha value is -0.590. The van der Waals surface area contributed by atoms with Crippen molar-refractivity contribution < 1.29 is 5.11 Å². The Kier molecular flexibility index (Phi) is 4.57. The molecule has 0 aromatic rings. The van der Waals surface area contributed by atoms with Gasteiger partial charge in [-0.3, -0.25) is 0 Å². The summed E-state index contributed by atoms with van der Waals surface area (Å²) in [7, 11) is 0. The third kappa shape index (κ3) is 2.81. The van der Waals surface area contributed by atoms with Crippen molar-refractivity contribution in [2.24, 2.45) is 5.41 Å². The molecule has 0 aromatic heterocycles. The Morgan fingerprint density at radius 2 is 2.06 bits per heavy atom. The van der Waals surface area contributed by atoms with Crippen molar-refractivity contribution >= 4 is 0 Å². The summed E-state index contributed by atoms with van der Waals surface area (Å²) in [6, 6.07) is 2.86. The molecule has 0 aromatic carbocycles. The number of likely N-dealkylation sites (tertiary alicyclic amines) is 1. The van der Waals surface area contributed by atoms with E-state index in [-0.39, 0.29) is 0 Å². The summed E-state index contributed by atoms with van der Waals surface area (Å²) in [5.41, 5.74) is -1.43. The van der Waals surface area contributed by atoms with E-state index in [0.29, 0.717) is 18.9 Å². The SMILES string of the molecule is CCC(C)(C#N)C1(O)CCCN(C(C)C)CC1. The van der Waals surface area contributed by atoms with Crippen LogP contribution in [0.4, 0.5) is 0 Å². The minimum atomic E-state index is -0.819. The van der Waals surface area contributed by atoms with E-state index in [1.807, 2.05) is 13.8 Å². The van der Waals surface area contributed by atoms with Crippen LogP contribution in [-0.4, -0.2) is 34.7 Å². The molecule has 1 heterocycles. The summed E-state index contributed by atoms with van der Waals surface area (Å²) in [4.78, 5) is 2.39. The third-order valence-electron chi connectivity index (χ3n) is 4.56. The monoisotopic (exact) mass is 238 g/mol. The molecular formula is C14H26N2O. The van der Waals surface area contributed by atoms with Crippen molar-refractivity contribution in [2.45, 2.75) is 65.0 Å². The minimum absolute atomic E-state index is 0.521. The zero-order chi connectivity index (χ0) is 13.1. The number of rotatable bonds is 3. The average molecular weight is 238 g/mol. The van der Waals surface area contributed by atoms with Gasteiger partial charge in [-0.15, -0.1) is 0 Å². The minimum Gasteiger partial charge on any atom is -0.388 e. The molecule has 0 saturated carbocycles. The highest BCUT2D eigenvalue weighted by Gasteiger charge is 2.46. The van der Waals surface area contributed by atoms with Crippen molar-refractivity contribution in [2.75, 3.05) is 13.1 Å². The molecule has 2 atom stereocenters. The highest BCUT2D eigenvalue weighted by atomic mass is 16.3. The van der Waals surface area contributed by atoms with E-state index >= 15 is 0 Å². The normalized spacial score (nSPS) is 30.6. The predicted octanol–water partition coefficient (Wildman–Crippen LogP) is 2.55. The summed E-state index contributed by atoms with van der Waals surface area (Å²) < 4.78 is 0. The number of hydrogen-bond donors (Lipinski definition) is 1. The van der Waals surface area contributed by atoms with Gasteiger partial charge in [-0.1, -0.05) is 6.92 Å². The number of aliphatic hydroxyl groups is 1. The summed E-state index contributed by atoms with van der Waals surface area (Å²) >= 11 is 0. The summed E-state index contributed by atoms with van der Waals surface area (Å²) in [6.45, 7) is 10.2. The van der Waals surface area contributed by atoms with Crippen LogP contribution in [0.25, 0.3) is 0 Å². The van der Waals surface area contributed by atoms with Crippen LogP contribution < -0.4 is 0 Å². The fourth-order valence-electron chi connectivity index (χ4n) is 2.72. The van der Waals surface area contributed by atoms with Gasteiger partial charge < -0.3 is 10.0 Å². The molecule has 2 unspecified atom stereocenters. The first-order valence-electron chi connectivity index (χ1n) is 6.76. The first-order chi connectivity index (χ1) is 7.88. The molecule has 3 heteroatoms. The maximum atomic E-state index is 10.8. The highest BCUT2D eigenvalue weighted by molar-refractivity contribution is 5.09. The van der Waals surface area contributed by atoms with Gasteiger partial charge in [-0.25, -0.2) is 0 Å². The largest absolute Gasteiger partial charge is 0.388 e. The predicted molar refractivity (Wildman–Crippen MR) is 69.5 cm³/mol. The number of nitrogens with zero attached hydrogens (tertiary/aromatic N) is 2. The second kappa shape index (κ2) is 5.37. The van der Waals surface area contributed by atoms with E-state index in [1.54, 1.807) is 0 Å². The average Bonchev–Trinajstić information content (AvgIpc) is 2.51. The van der Waals surface area contributed by atoms with E-state index in [0.717, 1.165) is 25.9 Å². The van der Waals surface area contributed by atoms with Gasteiger partial charge in [0.2, 0.25) is 0 Å². The Morgan fingerprint density at radius 1 is 1.41 bits per heavy atom. The molecule has 1 aliphatic heterocycles. The van der Waals surface area contributed by atoms with Crippen LogP contribution in [0.2, 0.25) is 0 Å². The molecule has 0 amide bonds. The van der Waals surface area contributed by atoms with Crippen LogP contribution in [0.15, 0.2) is 0 Å². The summed E-state index contributed by atoms with van der Waals surface area (Å²) in [5.74, 6) is 0. The van der Waals surface area contributed by atoms with Gasteiger partial charge in [-0.05, 0) is 53.0 Å². The highest BCUT2D eigenvalue weighted by Crippen LogP contribution is 2.41. The fraction of sp³-hybridized carbons (Fsp3) is 0.929. The van der Waals surface area contributed by atoms with Crippen LogP contribution in [0.1, 0.15) is 53.4 Å². The van der Waals surface area contributed by atoms with Crippen molar-refractivity contribution in [3.8, 4) is 6.07 Å². The Morgan fingerprint density at radius 3 is 2.53 bits per heavy atom. The van der Waals surface area contributed by atoms with Gasteiger partial charge in [0.1, 0.15) is 0 Å². The summed E-state index contributed by atoms with van der Waals surface area (Å²) in [5, 5.41) is 20.2. The number of nitriles is 1. The Balaban J connectivity index is 2.82. The zero-order valence-electron chi connectivity index (χ0n) is 11.7. The molecule has 17 heavy (non-hydrogen) atoms. The lowest BCUT2D eigenvalue weighted by molar-refractivity contribution is -0.0605. The summed E-state index contributed by atoms with van der Waals surface area (Å²) in [6.07, 6.45) is 3.14. The molecule has 98 valence electrons. The first kappa shape index (κ1) is 14.5. The molecule has 0 spiro atoms. The lowest BCUT2D eigenvalue weighted by Gasteiger charge is -2.39. The number of hydrogen-bond acceptors (Lipinski definition) is 3. The van der Waals surface area contributed by atoms with Crippen molar-refractivity contribution in [1.29, 1.82) is 5.26 Å². The maximum Gasteiger partial charge on any atom is 0.0843 e. The zero-order valence-corrected chi connectivity index (χ0v) is 11.7. The van der Waals surface area contributed by atoms with Crippen LogP contribution in [0, 0.1) is 16.7 Å². The van der Waals surface area contributed by atoms with E-state index in [4.69, 9.17) is 0 Å². The smallest absolute Gasteiger partial charge is 0.0843 e. The fourth-order valence-corrected chi connectivity index (χ4v) is 2.72. The molecule has 1 N–H and O–H groups in total. The van der Waals surface area contributed by atoms with Crippen LogP contribution in [-0.2, 0) is 0 Å². The van der Waals surface area contributed by atoms with E-state index in [9.17, 15) is 10.4 Å². The molecule has 1 rings (SSSR count). The Bertz CT molecular complexity index is 297. The van der Waals surface area contributed by atoms with Crippen LogP contribution in [0.5, 0.6) is 0 Å². The van der Waals surface area contributed by atoms with Crippen LogP contribution in [0.3, 0.4) is 0 Å². The molecule has 0 radical (unpaired) electrons. The molecule has 0 aliphatic carbocycles.